The number of benzene rings is 2. The van der Waals surface area contributed by atoms with Crippen molar-refractivity contribution in [3.63, 3.8) is 0 Å². The van der Waals surface area contributed by atoms with Crippen molar-refractivity contribution in [2.45, 2.75) is 63.5 Å². The van der Waals surface area contributed by atoms with Crippen molar-refractivity contribution in [1.29, 1.82) is 0 Å². The smallest absolute Gasteiger partial charge is 0.326 e. The number of hydrogen-bond acceptors (Lipinski definition) is 4. The average Bonchev–Trinajstić information content (AvgIpc) is 3.90. The Morgan fingerprint density at radius 1 is 1.07 bits per heavy atom. The molecular weight excluding hydrogens is 602 g/mol. The summed E-state index contributed by atoms with van der Waals surface area (Å²) >= 11 is 12.7. The first-order valence-corrected chi connectivity index (χ1v) is 16.1. The predicted molar refractivity (Wildman–Crippen MR) is 172 cm³/mol. The molecule has 0 spiro atoms. The summed E-state index contributed by atoms with van der Waals surface area (Å²) in [6.07, 6.45) is 13.1. The molecule has 0 radical (unpaired) electrons. The molecule has 1 heterocycles. The molecule has 0 bridgehead atoms. The maximum absolute atomic E-state index is 15.2. The van der Waals surface area contributed by atoms with E-state index in [9.17, 15) is 14.7 Å². The van der Waals surface area contributed by atoms with Crippen LogP contribution in [0, 0.1) is 17.7 Å². The fraction of sp³-hybridized carbons (Fsp3) is 0.429. The number of amides is 1. The van der Waals surface area contributed by atoms with Crippen molar-refractivity contribution in [3.8, 4) is 5.75 Å². The number of carbonyl (C=O) groups is 2. The van der Waals surface area contributed by atoms with Gasteiger partial charge in [-0.15, -0.1) is 0 Å². The van der Waals surface area contributed by atoms with Crippen LogP contribution in [-0.4, -0.2) is 47.6 Å². The van der Waals surface area contributed by atoms with Gasteiger partial charge in [-0.25, -0.2) is 9.18 Å². The van der Waals surface area contributed by atoms with Crippen LogP contribution in [0.5, 0.6) is 5.75 Å². The molecule has 0 unspecified atom stereocenters. The third-order valence-corrected chi connectivity index (χ3v) is 9.10. The van der Waals surface area contributed by atoms with E-state index in [2.05, 4.69) is 16.8 Å². The van der Waals surface area contributed by atoms with E-state index in [1.807, 2.05) is 43.4 Å². The minimum atomic E-state index is -1.09. The quantitative estimate of drug-likeness (QED) is 0.216. The number of carboxylic acid groups (broad SMARTS) is 1. The third-order valence-electron chi connectivity index (χ3n) is 8.66. The number of nitrogens with one attached hydrogen (secondary N) is 1. The Morgan fingerprint density at radius 2 is 1.75 bits per heavy atom. The van der Waals surface area contributed by atoms with Crippen molar-refractivity contribution >= 4 is 35.1 Å². The Morgan fingerprint density at radius 3 is 2.34 bits per heavy atom. The zero-order valence-electron chi connectivity index (χ0n) is 24.9. The molecule has 2 saturated carbocycles. The first-order chi connectivity index (χ1) is 21.1. The second-order valence-corrected chi connectivity index (χ2v) is 13.0. The van der Waals surface area contributed by atoms with Crippen molar-refractivity contribution in [2.24, 2.45) is 11.8 Å². The molecule has 9 heteroatoms. The van der Waals surface area contributed by atoms with Gasteiger partial charge in [-0.3, -0.25) is 9.69 Å². The van der Waals surface area contributed by atoms with Gasteiger partial charge in [0.2, 0.25) is 0 Å². The molecule has 2 N–H and O–H groups in total. The number of likely N-dealkylation sites (tertiary alicyclic amines) is 1. The highest BCUT2D eigenvalue weighted by Crippen LogP contribution is 2.45. The van der Waals surface area contributed by atoms with Gasteiger partial charge in [0.1, 0.15) is 17.6 Å². The minimum absolute atomic E-state index is 0.0792. The van der Waals surface area contributed by atoms with Gasteiger partial charge in [-0.1, -0.05) is 54.1 Å². The molecule has 6 nitrogen and oxygen atoms in total. The summed E-state index contributed by atoms with van der Waals surface area (Å²) < 4.78 is 21.4. The van der Waals surface area contributed by atoms with Gasteiger partial charge < -0.3 is 15.2 Å². The predicted octanol–water partition coefficient (Wildman–Crippen LogP) is 8.12. The van der Waals surface area contributed by atoms with E-state index in [0.29, 0.717) is 22.4 Å². The summed E-state index contributed by atoms with van der Waals surface area (Å²) in [4.78, 5) is 26.9. The Hall–Kier alpha value is -3.13. The Balaban J connectivity index is 1.24. The highest BCUT2D eigenvalue weighted by atomic mass is 35.5. The average molecular weight is 642 g/mol. The molecule has 2 atom stereocenters. The summed E-state index contributed by atoms with van der Waals surface area (Å²) in [5.74, 6) is -1.63. The number of piperidine rings is 1. The maximum atomic E-state index is 15.2. The van der Waals surface area contributed by atoms with Crippen LogP contribution in [0.2, 0.25) is 10.0 Å². The zero-order valence-corrected chi connectivity index (χ0v) is 26.4. The molecule has 5 rings (SSSR count). The van der Waals surface area contributed by atoms with Crippen molar-refractivity contribution in [3.05, 3.63) is 99.3 Å². The highest BCUT2D eigenvalue weighted by molar-refractivity contribution is 6.34. The molecule has 234 valence electrons. The van der Waals surface area contributed by atoms with E-state index < -0.39 is 23.7 Å². The molecule has 1 amide bonds. The van der Waals surface area contributed by atoms with Crippen LogP contribution in [0.15, 0.2) is 66.8 Å². The number of halogens is 3. The van der Waals surface area contributed by atoms with Crippen LogP contribution in [0.4, 0.5) is 4.39 Å². The van der Waals surface area contributed by atoms with Gasteiger partial charge in [-0.05, 0) is 117 Å². The monoisotopic (exact) mass is 640 g/mol. The number of carbonyl (C=O) groups excluding carboxylic acids is 1. The Kier molecular flexibility index (Phi) is 10.5. The summed E-state index contributed by atoms with van der Waals surface area (Å²) in [5.41, 5.74) is 2.62. The van der Waals surface area contributed by atoms with Crippen molar-refractivity contribution in [1.82, 2.24) is 10.2 Å². The number of allylic oxidation sites excluding steroid dienone is 3. The fourth-order valence-electron chi connectivity index (χ4n) is 5.97. The summed E-state index contributed by atoms with van der Waals surface area (Å²) in [6.45, 7) is 8.40. The molecule has 1 aliphatic heterocycles. The first kappa shape index (κ1) is 32.3. The van der Waals surface area contributed by atoms with Gasteiger partial charge in [0.15, 0.2) is 0 Å². The number of hydrogen-bond donors (Lipinski definition) is 2. The second-order valence-electron chi connectivity index (χ2n) is 12.1. The van der Waals surface area contributed by atoms with Gasteiger partial charge in [-0.2, -0.15) is 0 Å². The molecular formula is C35H39Cl2FN2O4. The Bertz CT molecular complexity index is 1440. The lowest BCUT2D eigenvalue weighted by Gasteiger charge is -2.38. The standard InChI is InChI=1S/C35H39Cl2FN2O4/c1-3-4-5-6-21(2)33(25-15-26(36)17-27(37)16-25)40-13-11-22(12-14-40)20-44-31-19-30(38)29(18-28(31)23-7-8-23)34(41)39-32(35(42)43)24-9-10-24/h3-6,15-19,22-24,32-33H,2,7-14,20H2,1H3,(H,39,41)(H,42,43)/b4-3-,6-5-/t32-,33-/m0/s1. The number of rotatable bonds is 13. The first-order valence-electron chi connectivity index (χ1n) is 15.3. The molecule has 1 saturated heterocycles. The molecule has 2 aliphatic carbocycles. The maximum Gasteiger partial charge on any atom is 0.326 e. The number of nitrogens with zero attached hydrogens (tertiary/aromatic N) is 1. The van der Waals surface area contributed by atoms with Crippen LogP contribution in [-0.2, 0) is 4.79 Å². The van der Waals surface area contributed by atoms with Crippen LogP contribution < -0.4 is 10.1 Å². The summed E-state index contributed by atoms with van der Waals surface area (Å²) in [6, 6.07) is 7.38. The molecule has 2 aromatic rings. The highest BCUT2D eigenvalue weighted by Gasteiger charge is 2.38. The summed E-state index contributed by atoms with van der Waals surface area (Å²) in [7, 11) is 0. The van der Waals surface area contributed by atoms with Gasteiger partial charge >= 0.3 is 5.97 Å². The normalized spacial score (nSPS) is 19.3. The van der Waals surface area contributed by atoms with Gasteiger partial charge in [0.25, 0.3) is 5.91 Å². The van der Waals surface area contributed by atoms with E-state index in [1.165, 1.54) is 6.07 Å². The second kappa shape index (κ2) is 14.3. The zero-order chi connectivity index (χ0) is 31.4. The van der Waals surface area contributed by atoms with E-state index in [4.69, 9.17) is 27.9 Å². The van der Waals surface area contributed by atoms with Crippen LogP contribution in [0.1, 0.15) is 78.9 Å². The van der Waals surface area contributed by atoms with Gasteiger partial charge in [0.05, 0.1) is 18.2 Å². The van der Waals surface area contributed by atoms with Crippen LogP contribution in [0.3, 0.4) is 0 Å². The van der Waals surface area contributed by atoms with E-state index in [1.54, 1.807) is 12.1 Å². The lowest BCUT2D eigenvalue weighted by Crippen LogP contribution is -2.42. The molecule has 0 aromatic heterocycles. The fourth-order valence-corrected chi connectivity index (χ4v) is 6.52. The van der Waals surface area contributed by atoms with Crippen molar-refractivity contribution in [2.75, 3.05) is 19.7 Å². The minimum Gasteiger partial charge on any atom is -0.493 e. The largest absolute Gasteiger partial charge is 0.493 e. The number of aliphatic carboxylic acids is 1. The van der Waals surface area contributed by atoms with Crippen molar-refractivity contribution < 1.29 is 23.8 Å². The Labute approximate surface area is 268 Å². The molecule has 3 fully saturated rings. The van der Waals surface area contributed by atoms with Gasteiger partial charge in [0, 0.05) is 16.1 Å². The van der Waals surface area contributed by atoms with E-state index >= 15 is 4.39 Å². The lowest BCUT2D eigenvalue weighted by molar-refractivity contribution is -0.139. The van der Waals surface area contributed by atoms with E-state index in [0.717, 1.165) is 68.3 Å². The summed E-state index contributed by atoms with van der Waals surface area (Å²) in [5, 5.41) is 13.2. The lowest BCUT2D eigenvalue weighted by atomic mass is 9.91. The molecule has 44 heavy (non-hydrogen) atoms. The third kappa shape index (κ3) is 8.12. The van der Waals surface area contributed by atoms with Crippen LogP contribution >= 0.6 is 23.2 Å². The molecule has 2 aromatic carbocycles. The van der Waals surface area contributed by atoms with E-state index in [-0.39, 0.29) is 29.4 Å². The topological polar surface area (TPSA) is 78.9 Å². The molecule has 3 aliphatic rings. The number of ether oxygens (including phenoxy) is 1. The number of carboxylic acids is 1. The SMILES string of the molecule is C=C(/C=C\C=C/C)[C@@H](c1cc(Cl)cc(Cl)c1)N1CCC(COc2cc(F)c(C(=O)N[C@H](C(=O)O)C3CC3)cc2C2CC2)CC1. The van der Waals surface area contributed by atoms with Crippen LogP contribution in [0.25, 0.3) is 0 Å².